The third kappa shape index (κ3) is 3.81. The van der Waals surface area contributed by atoms with Crippen LogP contribution in [0.3, 0.4) is 0 Å². The number of esters is 1. The molecule has 0 radical (unpaired) electrons. The Bertz CT molecular complexity index is 994. The number of hydrogen-bond acceptors (Lipinski definition) is 4. The van der Waals surface area contributed by atoms with Crippen LogP contribution >= 0.6 is 11.6 Å². The number of pyridine rings is 1. The number of benzene rings is 2. The molecule has 138 valence electrons. The number of halogens is 1. The maximum Gasteiger partial charge on any atom is 0.356 e. The first-order valence-electron chi connectivity index (χ1n) is 8.66. The second-order valence-corrected chi connectivity index (χ2v) is 6.65. The van der Waals surface area contributed by atoms with Gasteiger partial charge in [-0.1, -0.05) is 35.9 Å². The normalized spacial score (nSPS) is 10.7. The molecule has 0 amide bonds. The Morgan fingerprint density at radius 1 is 1.11 bits per heavy atom. The summed E-state index contributed by atoms with van der Waals surface area (Å²) in [7, 11) is 0. The average Bonchev–Trinajstić information content (AvgIpc) is 2.64. The van der Waals surface area contributed by atoms with Gasteiger partial charge in [-0.25, -0.2) is 9.78 Å². The number of rotatable bonds is 4. The molecule has 0 spiro atoms. The van der Waals surface area contributed by atoms with Crippen molar-refractivity contribution in [3.8, 4) is 28.1 Å². The van der Waals surface area contributed by atoms with Crippen molar-refractivity contribution in [1.82, 2.24) is 4.98 Å². The van der Waals surface area contributed by atoms with E-state index in [9.17, 15) is 9.90 Å². The summed E-state index contributed by atoms with van der Waals surface area (Å²) in [6, 6.07) is 14.5. The first-order valence-corrected chi connectivity index (χ1v) is 9.03. The summed E-state index contributed by atoms with van der Waals surface area (Å²) in [5, 5.41) is 10.3. The fourth-order valence-electron chi connectivity index (χ4n) is 3.10. The van der Waals surface area contributed by atoms with Gasteiger partial charge < -0.3 is 9.84 Å². The van der Waals surface area contributed by atoms with Crippen molar-refractivity contribution >= 4 is 17.6 Å². The van der Waals surface area contributed by atoms with E-state index in [2.05, 4.69) is 4.98 Å². The van der Waals surface area contributed by atoms with Crippen LogP contribution in [0.5, 0.6) is 5.75 Å². The zero-order valence-corrected chi connectivity index (χ0v) is 16.2. The number of carbonyl (C=O) groups excluding carboxylic acids is 1. The van der Waals surface area contributed by atoms with E-state index in [1.807, 2.05) is 38.1 Å². The van der Waals surface area contributed by atoms with Crippen molar-refractivity contribution in [3.63, 3.8) is 0 Å². The van der Waals surface area contributed by atoms with Crippen LogP contribution in [-0.2, 0) is 4.74 Å². The molecule has 4 nitrogen and oxygen atoms in total. The topological polar surface area (TPSA) is 59.4 Å². The second kappa shape index (κ2) is 7.80. The molecule has 0 aliphatic heterocycles. The van der Waals surface area contributed by atoms with Gasteiger partial charge in [0.2, 0.25) is 0 Å². The van der Waals surface area contributed by atoms with Gasteiger partial charge in [0, 0.05) is 11.1 Å². The van der Waals surface area contributed by atoms with E-state index in [0.717, 1.165) is 22.3 Å². The highest BCUT2D eigenvalue weighted by Gasteiger charge is 2.18. The molecule has 0 aliphatic rings. The van der Waals surface area contributed by atoms with Gasteiger partial charge in [0.15, 0.2) is 0 Å². The van der Waals surface area contributed by atoms with Crippen LogP contribution in [0.25, 0.3) is 22.4 Å². The van der Waals surface area contributed by atoms with E-state index in [0.29, 0.717) is 11.3 Å². The molecule has 0 saturated heterocycles. The molecular weight excluding hydrogens is 362 g/mol. The first kappa shape index (κ1) is 18.9. The maximum atomic E-state index is 12.2. The van der Waals surface area contributed by atoms with Crippen LogP contribution in [0.4, 0.5) is 0 Å². The maximum absolute atomic E-state index is 12.2. The Hall–Kier alpha value is -2.85. The highest BCUT2D eigenvalue weighted by molar-refractivity contribution is 6.32. The van der Waals surface area contributed by atoms with Crippen LogP contribution in [0.1, 0.15) is 28.5 Å². The largest absolute Gasteiger partial charge is 0.506 e. The number of nitrogens with zero attached hydrogens (tertiary/aromatic N) is 1. The molecule has 27 heavy (non-hydrogen) atoms. The lowest BCUT2D eigenvalue weighted by Gasteiger charge is -2.15. The highest BCUT2D eigenvalue weighted by Crippen LogP contribution is 2.37. The average molecular weight is 382 g/mol. The van der Waals surface area contributed by atoms with E-state index in [1.165, 1.54) is 0 Å². The van der Waals surface area contributed by atoms with E-state index in [4.69, 9.17) is 16.3 Å². The van der Waals surface area contributed by atoms with Crippen LogP contribution in [-0.4, -0.2) is 22.7 Å². The monoisotopic (exact) mass is 381 g/mol. The number of carbonyl (C=O) groups is 1. The van der Waals surface area contributed by atoms with E-state index in [1.54, 1.807) is 31.2 Å². The zero-order valence-electron chi connectivity index (χ0n) is 15.4. The third-order valence-electron chi connectivity index (χ3n) is 4.35. The summed E-state index contributed by atoms with van der Waals surface area (Å²) in [6.45, 7) is 6.09. The van der Waals surface area contributed by atoms with Crippen molar-refractivity contribution in [2.45, 2.75) is 20.8 Å². The lowest BCUT2D eigenvalue weighted by molar-refractivity contribution is 0.0519. The molecule has 0 saturated carbocycles. The van der Waals surface area contributed by atoms with E-state index < -0.39 is 5.97 Å². The zero-order chi connectivity index (χ0) is 19.6. The Morgan fingerprint density at radius 2 is 1.81 bits per heavy atom. The minimum absolute atomic E-state index is 0.0371. The lowest BCUT2D eigenvalue weighted by atomic mass is 9.92. The number of ether oxygens (including phenoxy) is 1. The summed E-state index contributed by atoms with van der Waals surface area (Å²) >= 11 is 5.95. The Balaban J connectivity index is 2.27. The molecule has 0 aliphatic carbocycles. The van der Waals surface area contributed by atoms with Crippen LogP contribution in [0.15, 0.2) is 48.5 Å². The molecule has 1 aromatic heterocycles. The molecule has 0 unspecified atom stereocenters. The smallest absolute Gasteiger partial charge is 0.356 e. The van der Waals surface area contributed by atoms with Crippen molar-refractivity contribution < 1.29 is 14.6 Å². The quantitative estimate of drug-likeness (QED) is 0.600. The lowest BCUT2D eigenvalue weighted by Crippen LogP contribution is -2.08. The van der Waals surface area contributed by atoms with Gasteiger partial charge in [0.05, 0.1) is 17.3 Å². The molecule has 1 N–H and O–H groups in total. The molecule has 5 heteroatoms. The van der Waals surface area contributed by atoms with Crippen molar-refractivity contribution in [2.24, 2.45) is 0 Å². The molecule has 0 atom stereocenters. The third-order valence-corrected chi connectivity index (χ3v) is 4.67. The first-order chi connectivity index (χ1) is 12.9. The second-order valence-electron chi connectivity index (χ2n) is 6.25. The van der Waals surface area contributed by atoms with Crippen molar-refractivity contribution in [1.29, 1.82) is 0 Å². The number of aromatic nitrogens is 1. The van der Waals surface area contributed by atoms with Crippen molar-refractivity contribution in [3.05, 3.63) is 70.4 Å². The Kier molecular flexibility index (Phi) is 5.47. The van der Waals surface area contributed by atoms with Gasteiger partial charge in [0.1, 0.15) is 11.4 Å². The van der Waals surface area contributed by atoms with Gasteiger partial charge in [0.25, 0.3) is 0 Å². The molecule has 2 aromatic carbocycles. The van der Waals surface area contributed by atoms with Gasteiger partial charge in [-0.05, 0) is 61.7 Å². The summed E-state index contributed by atoms with van der Waals surface area (Å²) in [6.07, 6.45) is 0. The number of hydrogen-bond donors (Lipinski definition) is 1. The standard InChI is InChI=1S/C22H20ClNO3/c1-4-27-22(26)18-11-9-16(20-13(2)6-5-7-14(20)3)21(24-18)15-8-10-17(23)19(25)12-15/h5-12,25H,4H2,1-3H3. The summed E-state index contributed by atoms with van der Waals surface area (Å²) in [5.41, 5.74) is 5.59. The van der Waals surface area contributed by atoms with Gasteiger partial charge in [-0.2, -0.15) is 0 Å². The predicted molar refractivity (Wildman–Crippen MR) is 107 cm³/mol. The molecule has 1 heterocycles. The van der Waals surface area contributed by atoms with Crippen LogP contribution < -0.4 is 0 Å². The fourth-order valence-corrected chi connectivity index (χ4v) is 3.22. The number of aryl methyl sites for hydroxylation is 2. The molecule has 3 aromatic rings. The van der Waals surface area contributed by atoms with Gasteiger partial charge in [-0.3, -0.25) is 0 Å². The highest BCUT2D eigenvalue weighted by atomic mass is 35.5. The molecule has 0 fully saturated rings. The van der Waals surface area contributed by atoms with Crippen LogP contribution in [0, 0.1) is 13.8 Å². The van der Waals surface area contributed by atoms with Gasteiger partial charge >= 0.3 is 5.97 Å². The number of phenolic OH excluding ortho intramolecular Hbond substituents is 1. The number of phenols is 1. The van der Waals surface area contributed by atoms with Crippen LogP contribution in [0.2, 0.25) is 5.02 Å². The fraction of sp³-hybridized carbons (Fsp3) is 0.182. The molecular formula is C22H20ClNO3. The molecule has 3 rings (SSSR count). The summed E-state index contributed by atoms with van der Waals surface area (Å²) < 4.78 is 5.08. The minimum Gasteiger partial charge on any atom is -0.506 e. The van der Waals surface area contributed by atoms with Gasteiger partial charge in [-0.15, -0.1) is 0 Å². The van der Waals surface area contributed by atoms with E-state index >= 15 is 0 Å². The predicted octanol–water partition coefficient (Wildman–Crippen LogP) is 5.57. The Labute approximate surface area is 163 Å². The number of aromatic hydroxyl groups is 1. The SMILES string of the molecule is CCOC(=O)c1ccc(-c2c(C)cccc2C)c(-c2ccc(Cl)c(O)c2)n1. The van der Waals surface area contributed by atoms with Crippen molar-refractivity contribution in [2.75, 3.05) is 6.61 Å². The summed E-state index contributed by atoms with van der Waals surface area (Å²) in [5.74, 6) is -0.519. The summed E-state index contributed by atoms with van der Waals surface area (Å²) in [4.78, 5) is 16.7. The van der Waals surface area contributed by atoms with E-state index in [-0.39, 0.29) is 23.1 Å². The molecule has 0 bridgehead atoms. The minimum atomic E-state index is -0.481. The Morgan fingerprint density at radius 3 is 2.44 bits per heavy atom.